The van der Waals surface area contributed by atoms with Crippen molar-refractivity contribution in [3.63, 3.8) is 0 Å². The van der Waals surface area contributed by atoms with Crippen LogP contribution in [0, 0.1) is 12.8 Å². The van der Waals surface area contributed by atoms with Gasteiger partial charge in [0, 0.05) is 58.0 Å². The van der Waals surface area contributed by atoms with Gasteiger partial charge in [0.15, 0.2) is 5.82 Å². The zero-order chi connectivity index (χ0) is 21.3. The van der Waals surface area contributed by atoms with Crippen LogP contribution in [0.5, 0.6) is 0 Å². The monoisotopic (exact) mass is 406 g/mol. The first-order valence-electron chi connectivity index (χ1n) is 10.5. The van der Waals surface area contributed by atoms with Gasteiger partial charge >= 0.3 is 0 Å². The van der Waals surface area contributed by atoms with Crippen molar-refractivity contribution in [3.8, 4) is 0 Å². The number of hydrogen-bond donors (Lipinski definition) is 1. The first-order chi connectivity index (χ1) is 14.4. The van der Waals surface area contributed by atoms with E-state index in [2.05, 4.69) is 49.5 Å². The van der Waals surface area contributed by atoms with E-state index in [-0.39, 0.29) is 11.8 Å². The highest BCUT2D eigenvalue weighted by Gasteiger charge is 2.28. The van der Waals surface area contributed by atoms with E-state index in [1.54, 1.807) is 0 Å². The van der Waals surface area contributed by atoms with Gasteiger partial charge in [-0.05, 0) is 43.5 Å². The lowest BCUT2D eigenvalue weighted by molar-refractivity contribution is -0.125. The van der Waals surface area contributed by atoms with Gasteiger partial charge in [-0.25, -0.2) is 4.98 Å². The van der Waals surface area contributed by atoms with E-state index < -0.39 is 0 Å². The van der Waals surface area contributed by atoms with Crippen LogP contribution in [0.15, 0.2) is 36.5 Å². The van der Waals surface area contributed by atoms with Crippen LogP contribution in [-0.2, 0) is 18.4 Å². The van der Waals surface area contributed by atoms with Gasteiger partial charge in [0.1, 0.15) is 5.52 Å². The summed E-state index contributed by atoms with van der Waals surface area (Å²) in [6.07, 6.45) is 3.72. The van der Waals surface area contributed by atoms with Crippen molar-refractivity contribution in [3.05, 3.63) is 47.8 Å². The number of anilines is 2. The zero-order valence-electron chi connectivity index (χ0n) is 18.2. The number of hydrogen-bond acceptors (Lipinski definition) is 5. The van der Waals surface area contributed by atoms with Crippen LogP contribution >= 0.6 is 0 Å². The van der Waals surface area contributed by atoms with Crippen molar-refractivity contribution in [2.45, 2.75) is 26.3 Å². The molecule has 1 aromatic carbocycles. The molecule has 7 nitrogen and oxygen atoms in total. The predicted octanol–water partition coefficient (Wildman–Crippen LogP) is 2.88. The van der Waals surface area contributed by atoms with Crippen molar-refractivity contribution >= 4 is 28.3 Å². The summed E-state index contributed by atoms with van der Waals surface area (Å²) in [6, 6.07) is 10.3. The average Bonchev–Trinajstić information content (AvgIpc) is 3.06. The summed E-state index contributed by atoms with van der Waals surface area (Å²) >= 11 is 0. The number of amides is 1. The van der Waals surface area contributed by atoms with Crippen LogP contribution in [0.1, 0.15) is 24.1 Å². The van der Waals surface area contributed by atoms with E-state index >= 15 is 0 Å². The van der Waals surface area contributed by atoms with E-state index in [9.17, 15) is 4.79 Å². The molecule has 158 valence electrons. The van der Waals surface area contributed by atoms with Crippen LogP contribution in [-0.4, -0.2) is 47.9 Å². The molecule has 1 unspecified atom stereocenters. The number of piperidine rings is 1. The van der Waals surface area contributed by atoms with E-state index in [4.69, 9.17) is 0 Å². The molecule has 0 saturated carbocycles. The number of fused-ring (bicyclic) bond motifs is 1. The highest BCUT2D eigenvalue weighted by Crippen LogP contribution is 2.29. The number of aromatic nitrogens is 3. The van der Waals surface area contributed by atoms with E-state index in [0.717, 1.165) is 53.1 Å². The van der Waals surface area contributed by atoms with E-state index in [1.165, 1.54) is 0 Å². The lowest BCUT2D eigenvalue weighted by Crippen LogP contribution is -2.43. The molecule has 1 amide bonds. The molecule has 0 bridgehead atoms. The van der Waals surface area contributed by atoms with E-state index in [1.807, 2.05) is 45.0 Å². The molecule has 0 aliphatic carbocycles. The second kappa shape index (κ2) is 8.34. The zero-order valence-corrected chi connectivity index (χ0v) is 18.2. The summed E-state index contributed by atoms with van der Waals surface area (Å²) in [6.45, 7) is 4.16. The summed E-state index contributed by atoms with van der Waals surface area (Å²) in [7, 11) is 6.00. The fourth-order valence-electron chi connectivity index (χ4n) is 4.24. The number of carbonyl (C=O) groups is 1. The Kier molecular flexibility index (Phi) is 5.61. The normalized spacial score (nSPS) is 16.7. The van der Waals surface area contributed by atoms with Gasteiger partial charge < -0.3 is 15.1 Å². The Balaban J connectivity index is 1.43. The molecule has 1 aliphatic heterocycles. The number of nitrogens with zero attached hydrogens (tertiary/aromatic N) is 5. The van der Waals surface area contributed by atoms with Crippen molar-refractivity contribution < 1.29 is 4.79 Å². The summed E-state index contributed by atoms with van der Waals surface area (Å²) < 4.78 is 1.90. The molecule has 3 heterocycles. The fraction of sp³-hybridized carbons (Fsp3) is 0.435. The molecule has 1 saturated heterocycles. The summed E-state index contributed by atoms with van der Waals surface area (Å²) in [5.74, 6) is 1.00. The highest BCUT2D eigenvalue weighted by atomic mass is 16.1. The van der Waals surface area contributed by atoms with Crippen molar-refractivity contribution in [1.82, 2.24) is 20.1 Å². The van der Waals surface area contributed by atoms with Crippen molar-refractivity contribution in [2.75, 3.05) is 37.0 Å². The lowest BCUT2D eigenvalue weighted by atomic mass is 9.97. The Morgan fingerprint density at radius 1 is 1.23 bits per heavy atom. The molecule has 1 fully saturated rings. The van der Waals surface area contributed by atoms with Gasteiger partial charge in [-0.1, -0.05) is 12.1 Å². The molecule has 0 spiro atoms. The van der Waals surface area contributed by atoms with Gasteiger partial charge in [-0.2, -0.15) is 5.10 Å². The molecule has 1 aliphatic rings. The SMILES string of the molecule is Cc1nn(C)c2c(N3CCCC(C(=O)NCc4ccc(N(C)C)cc4)C3)nccc12. The van der Waals surface area contributed by atoms with Gasteiger partial charge in [0.25, 0.3) is 0 Å². The number of rotatable bonds is 5. The van der Waals surface area contributed by atoms with Crippen LogP contribution in [0.3, 0.4) is 0 Å². The Morgan fingerprint density at radius 3 is 2.73 bits per heavy atom. The number of aryl methyl sites for hydroxylation is 2. The first kappa shape index (κ1) is 20.2. The Morgan fingerprint density at radius 2 is 2.00 bits per heavy atom. The Hall–Kier alpha value is -3.09. The summed E-state index contributed by atoms with van der Waals surface area (Å²) in [5, 5.41) is 8.79. The number of pyridine rings is 1. The van der Waals surface area contributed by atoms with Crippen molar-refractivity contribution in [2.24, 2.45) is 13.0 Å². The van der Waals surface area contributed by atoms with Gasteiger partial charge in [0.05, 0.1) is 11.6 Å². The maximum atomic E-state index is 12.9. The second-order valence-electron chi connectivity index (χ2n) is 8.30. The molecule has 1 atom stereocenters. The topological polar surface area (TPSA) is 66.3 Å². The summed E-state index contributed by atoms with van der Waals surface area (Å²) in [5.41, 5.74) is 4.30. The largest absolute Gasteiger partial charge is 0.378 e. The van der Waals surface area contributed by atoms with Gasteiger partial charge in [-0.3, -0.25) is 9.48 Å². The van der Waals surface area contributed by atoms with Crippen LogP contribution in [0.25, 0.3) is 10.9 Å². The average molecular weight is 407 g/mol. The molecular weight excluding hydrogens is 376 g/mol. The molecule has 1 N–H and O–H groups in total. The molecular formula is C23H30N6O. The third-order valence-corrected chi connectivity index (χ3v) is 5.93. The fourth-order valence-corrected chi connectivity index (χ4v) is 4.24. The molecule has 2 aromatic heterocycles. The third kappa shape index (κ3) is 3.97. The highest BCUT2D eigenvalue weighted by molar-refractivity contribution is 5.91. The predicted molar refractivity (Wildman–Crippen MR) is 121 cm³/mol. The quantitative estimate of drug-likeness (QED) is 0.706. The maximum Gasteiger partial charge on any atom is 0.225 e. The minimum Gasteiger partial charge on any atom is -0.378 e. The Labute approximate surface area is 177 Å². The first-order valence-corrected chi connectivity index (χ1v) is 10.5. The number of carbonyl (C=O) groups excluding carboxylic acids is 1. The van der Waals surface area contributed by atoms with Crippen LogP contribution in [0.2, 0.25) is 0 Å². The smallest absolute Gasteiger partial charge is 0.225 e. The second-order valence-corrected chi connectivity index (χ2v) is 8.30. The van der Waals surface area contributed by atoms with Crippen LogP contribution in [0.4, 0.5) is 11.5 Å². The number of nitrogens with one attached hydrogen (secondary N) is 1. The molecule has 3 aromatic rings. The molecule has 4 rings (SSSR count). The molecule has 7 heteroatoms. The number of benzene rings is 1. The molecule has 0 radical (unpaired) electrons. The van der Waals surface area contributed by atoms with Gasteiger partial charge in [-0.15, -0.1) is 0 Å². The van der Waals surface area contributed by atoms with Gasteiger partial charge in [0.2, 0.25) is 5.91 Å². The summed E-state index contributed by atoms with van der Waals surface area (Å²) in [4.78, 5) is 21.8. The standard InChI is InChI=1S/C23H30N6O/c1-16-20-11-12-24-22(21(20)28(4)26-16)29-13-5-6-18(15-29)23(30)25-14-17-7-9-19(10-8-17)27(2)3/h7-12,18H,5-6,13-15H2,1-4H3,(H,25,30). The lowest BCUT2D eigenvalue weighted by Gasteiger charge is -2.33. The maximum absolute atomic E-state index is 12.9. The van der Waals surface area contributed by atoms with Crippen molar-refractivity contribution in [1.29, 1.82) is 0 Å². The molecule has 30 heavy (non-hydrogen) atoms. The van der Waals surface area contributed by atoms with Crippen LogP contribution < -0.4 is 15.1 Å². The van der Waals surface area contributed by atoms with E-state index in [0.29, 0.717) is 13.1 Å². The third-order valence-electron chi connectivity index (χ3n) is 5.93. The Bertz CT molecular complexity index is 1040. The minimum absolute atomic E-state index is 0.0359. The minimum atomic E-state index is -0.0359.